The number of thiazole rings is 1. The molecule has 0 aliphatic carbocycles. The molecule has 0 atom stereocenters. The van der Waals surface area contributed by atoms with E-state index in [1.807, 2.05) is 54.6 Å². The lowest BCUT2D eigenvalue weighted by Crippen LogP contribution is -2.25. The Hall–Kier alpha value is -3.64. The summed E-state index contributed by atoms with van der Waals surface area (Å²) >= 11 is 1.03. The largest absolute Gasteiger partial charge is 0.494 e. The van der Waals surface area contributed by atoms with Crippen molar-refractivity contribution >= 4 is 17.2 Å². The highest BCUT2D eigenvalue weighted by atomic mass is 32.1. The van der Waals surface area contributed by atoms with Crippen LogP contribution in [0.2, 0.25) is 0 Å². The van der Waals surface area contributed by atoms with Crippen molar-refractivity contribution in [3.63, 3.8) is 0 Å². The van der Waals surface area contributed by atoms with Gasteiger partial charge in [0.2, 0.25) is 5.88 Å². The maximum Gasteiger partial charge on any atom is 0.307 e. The Bertz CT molecular complexity index is 1300. The second-order valence-corrected chi connectivity index (χ2v) is 9.38. The van der Waals surface area contributed by atoms with E-state index in [9.17, 15) is 14.7 Å². The monoisotopic (exact) mass is 472 g/mol. The number of benzene rings is 3. The zero-order valence-corrected chi connectivity index (χ0v) is 20.0. The molecule has 4 rings (SSSR count). The lowest BCUT2D eigenvalue weighted by molar-refractivity contribution is 0.0954. The van der Waals surface area contributed by atoms with Crippen LogP contribution in [0.4, 0.5) is 0 Å². The SMILES string of the molecule is CCCc1ccc(C(=O)NCCc2cccc(-c3ccc(Cc4sc(=O)[nH]c4O)cc3)c2)cc1. The molecule has 3 aromatic carbocycles. The van der Waals surface area contributed by atoms with Crippen molar-refractivity contribution < 1.29 is 9.90 Å². The highest BCUT2D eigenvalue weighted by Gasteiger charge is 2.09. The molecule has 0 saturated heterocycles. The number of aromatic amines is 1. The minimum atomic E-state index is -0.248. The van der Waals surface area contributed by atoms with Gasteiger partial charge in [0.15, 0.2) is 0 Å². The normalized spacial score (nSPS) is 10.9. The number of hydrogen-bond donors (Lipinski definition) is 3. The fourth-order valence-corrected chi connectivity index (χ4v) is 4.67. The molecular formula is C28H28N2O3S. The van der Waals surface area contributed by atoms with E-state index >= 15 is 0 Å². The van der Waals surface area contributed by atoms with Crippen LogP contribution in [0.25, 0.3) is 11.1 Å². The van der Waals surface area contributed by atoms with Gasteiger partial charge in [-0.25, -0.2) is 0 Å². The molecule has 0 aliphatic heterocycles. The molecular weight excluding hydrogens is 444 g/mol. The minimum absolute atomic E-state index is 0.0479. The maximum absolute atomic E-state index is 12.4. The van der Waals surface area contributed by atoms with Crippen LogP contribution in [0.1, 0.15) is 45.3 Å². The predicted octanol–water partition coefficient (Wildman–Crippen LogP) is 5.32. The standard InChI is InChI=1S/C28H28N2O3S/c1-2-4-19-7-13-23(14-8-19)26(31)29-16-15-20-5-3-6-24(17-20)22-11-9-21(10-12-22)18-25-27(32)30-28(33)34-25/h3,5-14,17,32H,2,4,15-16,18H2,1H3,(H,29,31)(H,30,33). The Labute approximate surface area is 203 Å². The van der Waals surface area contributed by atoms with Gasteiger partial charge in [-0.05, 0) is 52.8 Å². The number of amides is 1. The van der Waals surface area contributed by atoms with Crippen molar-refractivity contribution in [3.05, 3.63) is 110 Å². The van der Waals surface area contributed by atoms with Crippen molar-refractivity contribution in [1.29, 1.82) is 0 Å². The highest BCUT2D eigenvalue weighted by molar-refractivity contribution is 7.09. The number of nitrogens with one attached hydrogen (secondary N) is 2. The van der Waals surface area contributed by atoms with Gasteiger partial charge in [0.05, 0.1) is 4.88 Å². The zero-order valence-electron chi connectivity index (χ0n) is 19.1. The summed E-state index contributed by atoms with van der Waals surface area (Å²) in [6.07, 6.45) is 3.38. The third kappa shape index (κ3) is 6.02. The van der Waals surface area contributed by atoms with Gasteiger partial charge in [0.1, 0.15) is 0 Å². The molecule has 1 amide bonds. The van der Waals surface area contributed by atoms with Gasteiger partial charge < -0.3 is 10.4 Å². The lowest BCUT2D eigenvalue weighted by Gasteiger charge is -2.09. The summed E-state index contributed by atoms with van der Waals surface area (Å²) in [6, 6.07) is 24.3. The van der Waals surface area contributed by atoms with Gasteiger partial charge in [0, 0.05) is 18.5 Å². The fraction of sp³-hybridized carbons (Fsp3) is 0.214. The molecule has 0 radical (unpaired) electrons. The average Bonchev–Trinajstić information content (AvgIpc) is 3.16. The van der Waals surface area contributed by atoms with E-state index in [1.165, 1.54) is 5.56 Å². The van der Waals surface area contributed by atoms with E-state index in [0.717, 1.165) is 52.9 Å². The lowest BCUT2D eigenvalue weighted by atomic mass is 10.00. The summed E-state index contributed by atoms with van der Waals surface area (Å²) in [6.45, 7) is 2.72. The Morgan fingerprint density at radius 1 is 0.912 bits per heavy atom. The number of hydrogen-bond acceptors (Lipinski definition) is 4. The Morgan fingerprint density at radius 3 is 2.32 bits per heavy atom. The average molecular weight is 473 g/mol. The van der Waals surface area contributed by atoms with Gasteiger partial charge in [-0.15, -0.1) is 0 Å². The quantitative estimate of drug-likeness (QED) is 0.308. The topological polar surface area (TPSA) is 82.2 Å². The summed E-state index contributed by atoms with van der Waals surface area (Å²) in [4.78, 5) is 26.6. The molecule has 0 unspecified atom stereocenters. The van der Waals surface area contributed by atoms with Crippen LogP contribution in [-0.2, 0) is 19.3 Å². The van der Waals surface area contributed by atoms with Gasteiger partial charge in [-0.2, -0.15) is 0 Å². The second-order valence-electron chi connectivity index (χ2n) is 8.31. The third-order valence-electron chi connectivity index (χ3n) is 5.73. The fourth-order valence-electron chi connectivity index (χ4n) is 3.91. The molecule has 0 saturated carbocycles. The molecule has 3 N–H and O–H groups in total. The number of carbonyl (C=O) groups excluding carboxylic acids is 1. The van der Waals surface area contributed by atoms with Crippen LogP contribution < -0.4 is 10.2 Å². The molecule has 5 nitrogen and oxygen atoms in total. The van der Waals surface area contributed by atoms with Crippen LogP contribution in [0.5, 0.6) is 5.88 Å². The Balaban J connectivity index is 1.34. The number of aryl methyl sites for hydroxylation is 1. The summed E-state index contributed by atoms with van der Waals surface area (Å²) in [5.74, 6) is -0.0966. The van der Waals surface area contributed by atoms with Crippen molar-refractivity contribution in [3.8, 4) is 17.0 Å². The summed E-state index contributed by atoms with van der Waals surface area (Å²) in [5, 5.41) is 12.8. The number of H-pyrrole nitrogens is 1. The van der Waals surface area contributed by atoms with E-state index in [-0.39, 0.29) is 16.7 Å². The first-order valence-electron chi connectivity index (χ1n) is 11.5. The maximum atomic E-state index is 12.4. The predicted molar refractivity (Wildman–Crippen MR) is 138 cm³/mol. The number of carbonyl (C=O) groups is 1. The first-order valence-corrected chi connectivity index (χ1v) is 12.3. The van der Waals surface area contributed by atoms with Crippen LogP contribution in [0.15, 0.2) is 77.6 Å². The van der Waals surface area contributed by atoms with E-state index in [0.29, 0.717) is 23.4 Å². The molecule has 0 spiro atoms. The third-order valence-corrected chi connectivity index (χ3v) is 6.60. The van der Waals surface area contributed by atoms with Crippen LogP contribution in [0.3, 0.4) is 0 Å². The van der Waals surface area contributed by atoms with Gasteiger partial charge in [0.25, 0.3) is 5.91 Å². The molecule has 34 heavy (non-hydrogen) atoms. The van der Waals surface area contributed by atoms with Crippen molar-refractivity contribution in [1.82, 2.24) is 10.3 Å². The summed E-state index contributed by atoms with van der Waals surface area (Å²) < 4.78 is 0. The molecule has 0 bridgehead atoms. The van der Waals surface area contributed by atoms with Crippen LogP contribution in [0, 0.1) is 0 Å². The minimum Gasteiger partial charge on any atom is -0.494 e. The van der Waals surface area contributed by atoms with E-state index in [4.69, 9.17) is 0 Å². The second kappa shape index (κ2) is 11.0. The van der Waals surface area contributed by atoms with Crippen LogP contribution >= 0.6 is 11.3 Å². The van der Waals surface area contributed by atoms with Gasteiger partial charge in [-0.3, -0.25) is 14.6 Å². The van der Waals surface area contributed by atoms with Crippen molar-refractivity contribution in [2.24, 2.45) is 0 Å². The van der Waals surface area contributed by atoms with Gasteiger partial charge >= 0.3 is 4.87 Å². The zero-order chi connectivity index (χ0) is 23.9. The molecule has 174 valence electrons. The van der Waals surface area contributed by atoms with Crippen molar-refractivity contribution in [2.75, 3.05) is 6.54 Å². The highest BCUT2D eigenvalue weighted by Crippen LogP contribution is 2.24. The van der Waals surface area contributed by atoms with Crippen LogP contribution in [-0.4, -0.2) is 22.5 Å². The molecule has 0 fully saturated rings. The smallest absolute Gasteiger partial charge is 0.307 e. The molecule has 1 aromatic heterocycles. The number of rotatable bonds is 9. The number of aromatic nitrogens is 1. The first kappa shape index (κ1) is 23.5. The van der Waals surface area contributed by atoms with Gasteiger partial charge in [-0.1, -0.05) is 85.3 Å². The molecule has 0 aliphatic rings. The first-order chi connectivity index (χ1) is 16.5. The Morgan fingerprint density at radius 2 is 1.65 bits per heavy atom. The van der Waals surface area contributed by atoms with E-state index in [1.54, 1.807) is 0 Å². The van der Waals surface area contributed by atoms with Crippen molar-refractivity contribution in [2.45, 2.75) is 32.6 Å². The summed E-state index contributed by atoms with van der Waals surface area (Å²) in [7, 11) is 0. The molecule has 6 heteroatoms. The Kier molecular flexibility index (Phi) is 7.60. The summed E-state index contributed by atoms with van der Waals surface area (Å²) in [5.41, 5.74) is 6.32. The molecule has 1 heterocycles. The van der Waals surface area contributed by atoms with E-state index in [2.05, 4.69) is 35.4 Å². The molecule has 4 aromatic rings. The number of aromatic hydroxyl groups is 1. The van der Waals surface area contributed by atoms with E-state index < -0.39 is 0 Å².